The van der Waals surface area contributed by atoms with E-state index in [1.165, 1.54) is 6.33 Å². The fourth-order valence-electron chi connectivity index (χ4n) is 2.57. The van der Waals surface area contributed by atoms with Crippen LogP contribution in [0.2, 0.25) is 5.15 Å². The number of rotatable bonds is 2. The van der Waals surface area contributed by atoms with Gasteiger partial charge in [-0.2, -0.15) is 0 Å². The molecule has 1 fully saturated rings. The molecule has 1 aliphatic heterocycles. The molecule has 1 aliphatic rings. The van der Waals surface area contributed by atoms with Crippen molar-refractivity contribution in [2.75, 3.05) is 6.61 Å². The van der Waals surface area contributed by atoms with Crippen LogP contribution in [0.1, 0.15) is 19.6 Å². The highest BCUT2D eigenvalue weighted by Crippen LogP contribution is 2.39. The summed E-state index contributed by atoms with van der Waals surface area (Å²) in [5.74, 6) is 0.299. The first-order chi connectivity index (χ1) is 9.11. The predicted octanol–water partition coefficient (Wildman–Crippen LogP) is 2.76. The van der Waals surface area contributed by atoms with Gasteiger partial charge in [0.15, 0.2) is 0 Å². The van der Waals surface area contributed by atoms with Crippen molar-refractivity contribution in [2.24, 2.45) is 5.92 Å². The van der Waals surface area contributed by atoms with Crippen molar-refractivity contribution in [3.8, 4) is 0 Å². The van der Waals surface area contributed by atoms with E-state index in [0.29, 0.717) is 11.1 Å². The Balaban J connectivity index is 2.09. The van der Waals surface area contributed by atoms with Gasteiger partial charge in [-0.25, -0.2) is 9.97 Å². The van der Waals surface area contributed by atoms with E-state index in [2.05, 4.69) is 32.8 Å². The summed E-state index contributed by atoms with van der Waals surface area (Å²) >= 11 is 9.58. The van der Waals surface area contributed by atoms with Gasteiger partial charge in [0.2, 0.25) is 0 Å². The minimum atomic E-state index is -0.142. The van der Waals surface area contributed by atoms with Crippen LogP contribution in [-0.4, -0.2) is 32.4 Å². The Bertz CT molecular complexity index is 618. The Hall–Kier alpha value is -0.690. The molecule has 0 radical (unpaired) electrons. The average molecular weight is 347 g/mol. The number of hydrogen-bond acceptors (Lipinski definition) is 4. The molecule has 0 amide bonds. The third-order valence-corrected chi connectivity index (χ3v) is 4.34. The van der Waals surface area contributed by atoms with E-state index in [-0.39, 0.29) is 18.9 Å². The van der Waals surface area contributed by atoms with Crippen molar-refractivity contribution >= 4 is 38.6 Å². The van der Waals surface area contributed by atoms with Crippen LogP contribution in [0, 0.1) is 5.92 Å². The maximum atomic E-state index is 9.22. The van der Waals surface area contributed by atoms with Crippen molar-refractivity contribution in [3.63, 3.8) is 0 Å². The average Bonchev–Trinajstić information content (AvgIpc) is 2.91. The van der Waals surface area contributed by atoms with Gasteiger partial charge in [0.1, 0.15) is 23.4 Å². The quantitative estimate of drug-likeness (QED) is 0.850. The lowest BCUT2D eigenvalue weighted by molar-refractivity contribution is -0.0292. The molecule has 0 saturated carbocycles. The molecule has 0 aliphatic carbocycles. The van der Waals surface area contributed by atoms with Crippen LogP contribution >= 0.6 is 27.5 Å². The van der Waals surface area contributed by atoms with Crippen LogP contribution in [0.3, 0.4) is 0 Å². The van der Waals surface area contributed by atoms with Gasteiger partial charge >= 0.3 is 0 Å². The third kappa shape index (κ3) is 2.16. The minimum absolute atomic E-state index is 0.0386. The molecule has 1 saturated heterocycles. The normalized spacial score (nSPS) is 27.3. The van der Waals surface area contributed by atoms with E-state index in [1.54, 1.807) is 0 Å². The summed E-state index contributed by atoms with van der Waals surface area (Å²) in [6, 6.07) is 0. The lowest BCUT2D eigenvalue weighted by Gasteiger charge is -2.17. The van der Waals surface area contributed by atoms with E-state index in [0.717, 1.165) is 21.9 Å². The van der Waals surface area contributed by atoms with Crippen molar-refractivity contribution < 1.29 is 9.84 Å². The fraction of sp³-hybridized carbons (Fsp3) is 0.500. The number of ether oxygens (including phenoxy) is 1. The van der Waals surface area contributed by atoms with Gasteiger partial charge in [-0.15, -0.1) is 0 Å². The molecule has 5 nitrogen and oxygen atoms in total. The predicted molar refractivity (Wildman–Crippen MR) is 75.0 cm³/mol. The maximum absolute atomic E-state index is 9.22. The standard InChI is InChI=1S/C12H13BrClN3O2/c1-6-2-7(4-18)19-12(6)17-3-8(13)9-10(14)15-5-16-11(9)17/h3,5-7,12,18H,2,4H2,1H3/t6-,7-,12+/m0/s1. The van der Waals surface area contributed by atoms with Crippen LogP contribution in [0.25, 0.3) is 11.0 Å². The van der Waals surface area contributed by atoms with Gasteiger partial charge in [0, 0.05) is 16.6 Å². The number of aromatic nitrogens is 3. The summed E-state index contributed by atoms with van der Waals surface area (Å²) in [4.78, 5) is 8.28. The number of hydrogen-bond donors (Lipinski definition) is 1. The number of nitrogens with zero attached hydrogens (tertiary/aromatic N) is 3. The Labute approximate surface area is 123 Å². The van der Waals surface area contributed by atoms with Gasteiger partial charge in [-0.05, 0) is 22.4 Å². The lowest BCUT2D eigenvalue weighted by atomic mass is 10.1. The smallest absolute Gasteiger partial charge is 0.148 e. The van der Waals surface area contributed by atoms with Crippen molar-refractivity contribution in [3.05, 3.63) is 22.1 Å². The van der Waals surface area contributed by atoms with E-state index in [4.69, 9.17) is 16.3 Å². The first-order valence-corrected chi connectivity index (χ1v) is 7.21. The second-order valence-corrected chi connectivity index (χ2v) is 6.00. The van der Waals surface area contributed by atoms with Crippen LogP contribution in [-0.2, 0) is 4.74 Å². The third-order valence-electron chi connectivity index (χ3n) is 3.45. The van der Waals surface area contributed by atoms with Crippen LogP contribution in [0.5, 0.6) is 0 Å². The van der Waals surface area contributed by atoms with Crippen molar-refractivity contribution in [1.29, 1.82) is 0 Å². The SMILES string of the molecule is C[C@H]1C[C@@H](CO)O[C@H]1n1cc(Br)c2c(Cl)ncnc21. The summed E-state index contributed by atoms with van der Waals surface area (Å²) < 4.78 is 8.65. The number of aliphatic hydroxyl groups is 1. The highest BCUT2D eigenvalue weighted by molar-refractivity contribution is 9.10. The maximum Gasteiger partial charge on any atom is 0.148 e. The number of halogens is 2. The van der Waals surface area contributed by atoms with Crippen LogP contribution < -0.4 is 0 Å². The zero-order valence-electron chi connectivity index (χ0n) is 10.3. The molecule has 7 heteroatoms. The van der Waals surface area contributed by atoms with Crippen molar-refractivity contribution in [1.82, 2.24) is 14.5 Å². The fourth-order valence-corrected chi connectivity index (χ4v) is 3.50. The van der Waals surface area contributed by atoms with E-state index >= 15 is 0 Å². The Morgan fingerprint density at radius 3 is 3.05 bits per heavy atom. The van der Waals surface area contributed by atoms with E-state index in [1.807, 2.05) is 10.8 Å². The molecule has 0 aromatic carbocycles. The topological polar surface area (TPSA) is 60.2 Å². The van der Waals surface area contributed by atoms with Gasteiger partial charge < -0.3 is 14.4 Å². The van der Waals surface area contributed by atoms with E-state index < -0.39 is 0 Å². The highest BCUT2D eigenvalue weighted by Gasteiger charge is 2.34. The Morgan fingerprint density at radius 1 is 1.58 bits per heavy atom. The molecular formula is C12H13BrClN3O2. The second kappa shape index (κ2) is 5.01. The van der Waals surface area contributed by atoms with Gasteiger partial charge in [-0.3, -0.25) is 0 Å². The summed E-state index contributed by atoms with van der Waals surface area (Å²) in [7, 11) is 0. The molecule has 102 valence electrons. The first kappa shape index (κ1) is 13.3. The number of fused-ring (bicyclic) bond motifs is 1. The molecule has 0 unspecified atom stereocenters. The molecule has 2 aromatic rings. The molecule has 0 spiro atoms. The molecule has 0 bridgehead atoms. The van der Waals surface area contributed by atoms with Gasteiger partial charge in [0.25, 0.3) is 0 Å². The molecule has 19 heavy (non-hydrogen) atoms. The molecule has 1 N–H and O–H groups in total. The van der Waals surface area contributed by atoms with Gasteiger partial charge in [0.05, 0.1) is 18.1 Å². The summed E-state index contributed by atoms with van der Waals surface area (Å²) in [5.41, 5.74) is 0.738. The summed E-state index contributed by atoms with van der Waals surface area (Å²) in [6.07, 6.45) is 3.92. The second-order valence-electron chi connectivity index (χ2n) is 4.79. The van der Waals surface area contributed by atoms with Gasteiger partial charge in [-0.1, -0.05) is 18.5 Å². The zero-order valence-corrected chi connectivity index (χ0v) is 12.6. The number of aliphatic hydroxyl groups excluding tert-OH is 1. The Morgan fingerprint density at radius 2 is 2.37 bits per heavy atom. The molecule has 2 aromatic heterocycles. The molecule has 3 heterocycles. The molecular weight excluding hydrogens is 334 g/mol. The summed E-state index contributed by atoms with van der Waals surface area (Å²) in [6.45, 7) is 2.14. The van der Waals surface area contributed by atoms with Crippen LogP contribution in [0.4, 0.5) is 0 Å². The summed E-state index contributed by atoms with van der Waals surface area (Å²) in [5, 5.41) is 10.4. The molecule has 3 rings (SSSR count). The van der Waals surface area contributed by atoms with Crippen molar-refractivity contribution in [2.45, 2.75) is 25.7 Å². The minimum Gasteiger partial charge on any atom is -0.394 e. The highest BCUT2D eigenvalue weighted by atomic mass is 79.9. The monoisotopic (exact) mass is 345 g/mol. The Kier molecular flexibility index (Phi) is 3.51. The van der Waals surface area contributed by atoms with E-state index in [9.17, 15) is 5.11 Å². The first-order valence-electron chi connectivity index (χ1n) is 6.04. The van der Waals surface area contributed by atoms with Crippen LogP contribution in [0.15, 0.2) is 17.0 Å². The molecule has 3 atom stereocenters. The lowest BCUT2D eigenvalue weighted by Crippen LogP contribution is -2.15. The largest absolute Gasteiger partial charge is 0.394 e. The zero-order chi connectivity index (χ0) is 13.6.